The summed E-state index contributed by atoms with van der Waals surface area (Å²) < 4.78 is 99.9. The number of hydrogen-bond acceptors (Lipinski definition) is 33. The van der Waals surface area contributed by atoms with Gasteiger partial charge in [-0.25, -0.2) is 13.6 Å². The number of aliphatic hydroxyl groups excluding tert-OH is 5. The number of nitrogens with zero attached hydrogens (tertiary/aromatic N) is 2. The number of aliphatic hydroxyl groups is 5. The third kappa shape index (κ3) is 28.3. The molecule has 0 spiro atoms. The number of ether oxygens (including phenoxy) is 11. The molecule has 19 atom stereocenters. The number of unbranched alkanes of at least 4 members (excludes halogenated alkanes) is 1. The second-order valence-corrected chi connectivity index (χ2v) is 38.0. The summed E-state index contributed by atoms with van der Waals surface area (Å²) in [5, 5.41) is 78.7. The molecule has 4 aliphatic heterocycles. The first kappa shape index (κ1) is 112. The number of nitrogens with two attached hydrogens (primary N) is 2. The Kier molecular flexibility index (Phi) is 43.5. The summed E-state index contributed by atoms with van der Waals surface area (Å²) in [7, 11) is 1.87. The molecule has 2 saturated heterocycles. The van der Waals surface area contributed by atoms with Crippen LogP contribution >= 0.6 is 0 Å². The third-order valence-electron chi connectivity index (χ3n) is 28.3. The average molecular weight is 1990 g/mol. The quantitative estimate of drug-likeness (QED) is 0.0254. The number of hydrazine groups is 3. The Morgan fingerprint density at radius 1 is 0.681 bits per heavy atom. The maximum absolute atomic E-state index is 18.3. The SMILES string of the molecule is CCCC1O[C@@H]2C[C@H]3[C@@H]4C[C@H](F)C5=CC(=O)C=C[C@]5(C)[C@@]4(F)[C@@H](O)C[C@]3(C)[C@]2(C(=O)CNC(=O)[C@H](CCCNC(N)=O)CC(=O)[C@@H](NC(=O)[C@@H](CCCCNC(=O)COC2CCCCCC3=C2NNN3[C@@H]2O[C@H](CO)[C@H](O)[C@H](O)[C@H]2O)NC(=O)CCOCCOCCOCCOCCNC(=O)CCC(=O)N2Cc3ccccc3/C(NCCOCCOCCOCCNC)=C(/NN)c3ccccc32)C(C)C)O1. The van der Waals surface area contributed by atoms with E-state index in [0.29, 0.717) is 107 Å². The van der Waals surface area contributed by atoms with E-state index in [1.165, 1.54) is 24.1 Å². The van der Waals surface area contributed by atoms with Crippen molar-refractivity contribution in [1.29, 1.82) is 0 Å². The largest absolute Gasteiger partial charge is 0.394 e. The van der Waals surface area contributed by atoms with Crippen molar-refractivity contribution in [3.05, 3.63) is 100 Å². The van der Waals surface area contributed by atoms with E-state index in [0.717, 1.165) is 48.7 Å². The summed E-state index contributed by atoms with van der Waals surface area (Å²) in [6.07, 6.45) is -6.26. The van der Waals surface area contributed by atoms with Crippen molar-refractivity contribution in [3.8, 4) is 0 Å². The Labute approximate surface area is 821 Å². The summed E-state index contributed by atoms with van der Waals surface area (Å²) in [4.78, 5) is 141. The molecule has 141 heavy (non-hydrogen) atoms. The molecule has 43 heteroatoms. The van der Waals surface area contributed by atoms with Gasteiger partial charge >= 0.3 is 6.03 Å². The fraction of sp³-hybridized carbons (Fsp3) is 0.694. The lowest BCUT2D eigenvalue weighted by molar-refractivity contribution is -0.266. The van der Waals surface area contributed by atoms with E-state index in [4.69, 9.17) is 63.7 Å². The van der Waals surface area contributed by atoms with E-state index < -0.39 is 192 Å². The molecule has 2 unspecified atom stereocenters. The van der Waals surface area contributed by atoms with E-state index in [1.807, 2.05) is 62.5 Å². The summed E-state index contributed by atoms with van der Waals surface area (Å²) in [5.74, 6) is -2.41. The minimum absolute atomic E-state index is 0.00739. The minimum atomic E-state index is -2.48. The third-order valence-corrected chi connectivity index (χ3v) is 28.3. The minimum Gasteiger partial charge on any atom is -0.394 e. The summed E-state index contributed by atoms with van der Waals surface area (Å²) in [5.41, 5.74) is 12.3. The highest BCUT2D eigenvalue weighted by atomic mass is 19.1. The molecular weight excluding hydrogens is 1840 g/mol. The number of primary amides is 1. The van der Waals surface area contributed by atoms with Crippen LogP contribution in [0.4, 0.5) is 19.3 Å². The Hall–Kier alpha value is -9.20. The second-order valence-electron chi connectivity index (χ2n) is 38.0. The molecule has 0 radical (unpaired) electrons. The van der Waals surface area contributed by atoms with Gasteiger partial charge in [0, 0.05) is 92.2 Å². The lowest BCUT2D eigenvalue weighted by Crippen LogP contribution is -2.71. The Morgan fingerprint density at radius 2 is 1.34 bits per heavy atom. The number of hydrogen-bond donors (Lipinski definition) is 18. The number of urea groups is 1. The lowest BCUT2D eigenvalue weighted by atomic mass is 9.44. The molecule has 41 nitrogen and oxygen atoms in total. The van der Waals surface area contributed by atoms with Crippen molar-refractivity contribution < 1.29 is 134 Å². The van der Waals surface area contributed by atoms with E-state index in [2.05, 4.69) is 58.9 Å². The Morgan fingerprint density at radius 3 is 2.02 bits per heavy atom. The maximum atomic E-state index is 18.3. The van der Waals surface area contributed by atoms with Crippen molar-refractivity contribution in [2.75, 3.05) is 157 Å². The van der Waals surface area contributed by atoms with E-state index in [1.54, 1.807) is 25.7 Å². The van der Waals surface area contributed by atoms with Gasteiger partial charge in [-0.15, -0.1) is 5.53 Å². The number of carbonyl (C=O) groups is 10. The molecule has 9 aliphatic rings. The van der Waals surface area contributed by atoms with E-state index in [-0.39, 0.29) is 161 Å². The molecule has 8 amide bonds. The van der Waals surface area contributed by atoms with Crippen LogP contribution in [-0.4, -0.2) is 326 Å². The van der Waals surface area contributed by atoms with Crippen LogP contribution in [0.25, 0.3) is 11.4 Å². The highest BCUT2D eigenvalue weighted by Crippen LogP contribution is 2.72. The van der Waals surface area contributed by atoms with Crippen molar-refractivity contribution in [3.63, 3.8) is 0 Å². The number of rotatable bonds is 59. The number of fused-ring (bicyclic) bond motifs is 9. The lowest BCUT2D eigenvalue weighted by Gasteiger charge is -2.63. The molecule has 786 valence electrons. The maximum Gasteiger partial charge on any atom is 0.312 e. The molecule has 2 aromatic rings. The van der Waals surface area contributed by atoms with Gasteiger partial charge in [-0.2, -0.15) is 0 Å². The molecular formula is C98H149F2N15O26. The number of halogens is 2. The first-order chi connectivity index (χ1) is 67.9. The van der Waals surface area contributed by atoms with Gasteiger partial charge in [0.2, 0.25) is 35.4 Å². The zero-order valence-corrected chi connectivity index (χ0v) is 81.9. The predicted octanol–water partition coefficient (Wildman–Crippen LogP) is 1.55. The number of anilines is 1. The summed E-state index contributed by atoms with van der Waals surface area (Å²) >= 11 is 0. The second kappa shape index (κ2) is 54.7. The molecule has 4 heterocycles. The van der Waals surface area contributed by atoms with Crippen molar-refractivity contribution in [2.24, 2.45) is 46.1 Å². The molecule has 0 aromatic heterocycles. The van der Waals surface area contributed by atoms with Gasteiger partial charge in [0.05, 0.1) is 159 Å². The fourth-order valence-electron chi connectivity index (χ4n) is 21.0. The van der Waals surface area contributed by atoms with Gasteiger partial charge in [-0.1, -0.05) is 95.5 Å². The number of para-hydroxylation sites is 1. The zero-order chi connectivity index (χ0) is 101. The van der Waals surface area contributed by atoms with Crippen LogP contribution in [0.5, 0.6) is 0 Å². The zero-order valence-electron chi connectivity index (χ0n) is 81.9. The van der Waals surface area contributed by atoms with Gasteiger partial charge in [0.15, 0.2) is 41.1 Å². The van der Waals surface area contributed by atoms with Crippen molar-refractivity contribution >= 4 is 75.9 Å². The molecule has 20 N–H and O–H groups in total. The summed E-state index contributed by atoms with van der Waals surface area (Å²) in [6, 6.07) is 11.8. The first-order valence-electron chi connectivity index (χ1n) is 49.8. The number of allylic oxidation sites excluding steroid dienone is 5. The molecule has 0 bridgehead atoms. The molecule has 2 aromatic carbocycles. The van der Waals surface area contributed by atoms with Crippen LogP contribution in [0, 0.1) is 34.5 Å². The molecule has 5 aliphatic carbocycles. The highest BCUT2D eigenvalue weighted by molar-refractivity contribution is 6.03. The van der Waals surface area contributed by atoms with Crippen LogP contribution in [0.2, 0.25) is 0 Å². The van der Waals surface area contributed by atoms with Gasteiger partial charge in [-0.05, 0) is 132 Å². The number of nitrogens with one attached hydrogen (secondary N) is 11. The molecule has 3 saturated carbocycles. The number of amides is 8. The van der Waals surface area contributed by atoms with E-state index in [9.17, 15) is 68.7 Å². The van der Waals surface area contributed by atoms with Gasteiger partial charge in [0.25, 0.3) is 0 Å². The number of carbonyl (C=O) groups excluding carboxylic acids is 10. The first-order valence-corrected chi connectivity index (χ1v) is 49.8. The predicted molar refractivity (Wildman–Crippen MR) is 509 cm³/mol. The Balaban J connectivity index is 0.638. The molecule has 5 fully saturated rings. The van der Waals surface area contributed by atoms with Crippen LogP contribution in [0.1, 0.15) is 173 Å². The van der Waals surface area contributed by atoms with Gasteiger partial charge < -0.3 is 142 Å². The van der Waals surface area contributed by atoms with Crippen molar-refractivity contribution in [1.82, 2.24) is 63.9 Å². The average Bonchev–Trinajstić information content (AvgIpc) is 1.51. The number of likely N-dealkylation sites (N-methyl/N-ethyl adjacent to an activating group) is 1. The summed E-state index contributed by atoms with van der Waals surface area (Å²) in [6.45, 7) is 12.5. The van der Waals surface area contributed by atoms with Crippen LogP contribution in [-0.2, 0) is 102 Å². The number of benzene rings is 2. The van der Waals surface area contributed by atoms with Gasteiger partial charge in [-0.3, -0.25) is 54.0 Å². The van der Waals surface area contributed by atoms with E-state index >= 15 is 13.6 Å². The number of Topliss-reactive ketones (excluding diaryl/α,β-unsaturated/α-hetero) is 2. The van der Waals surface area contributed by atoms with Crippen LogP contribution < -0.4 is 75.4 Å². The smallest absolute Gasteiger partial charge is 0.312 e. The van der Waals surface area contributed by atoms with Gasteiger partial charge in [0.1, 0.15) is 49.3 Å². The Bertz CT molecular complexity index is 4640. The topological polar surface area (TPSA) is 564 Å². The monoisotopic (exact) mass is 1990 g/mol. The van der Waals surface area contributed by atoms with Crippen molar-refractivity contribution in [2.45, 2.75) is 248 Å². The fourth-order valence-corrected chi connectivity index (χ4v) is 21.0. The number of alkyl halides is 2. The van der Waals surface area contributed by atoms with Crippen LogP contribution in [0.3, 0.4) is 0 Å². The normalized spacial score (nSPS) is 27.8. The van der Waals surface area contributed by atoms with Crippen LogP contribution in [0.15, 0.2) is 83.7 Å². The highest BCUT2D eigenvalue weighted by Gasteiger charge is 2.80. The standard InChI is InChI=1S/C98H149F2N15O26/c1-7-18-83-140-78-54-66-67-53-69(99)68-52-63(117)29-31-95(68,4)97(67,100)76(119)55-96(66,5)98(78,141-83)77(120)56-108-91(128)61(20-17-33-107-94(101)130)51-73(118)84(60(2)3)110-92(129)70(23-15-16-32-104-81(123)59-138-74-26-10-8-9-25-72-87(74)112-113-115(72)93-90(127)89(126)88(125)75(58-116)139-93)109-80(122)30-37-131-41-45-135-49-50-137-47-43-133-39-35-105-79(121)27-28-82(124)114-57-62-19-11-12-21-64(62)85(86(111-102)65-22-13-14-24-71(65)114)106-36-40-134-44-48-136-46-42-132-38-34-103-6/h11-14,19,21-22,24,29,31,52,60-61,66-67,69-70,74-76,78,83-84,88-90,93,103,106,111-113,116,119,125-127H,7-10,15-18,20,23,25-28,30,32-51,53-59,102H2,1-6H3,(H,104,123)(H,105,121)(H,108,128)(H,109,122)(H,110,129)(H3,101,107,130)/b86-85-/t61-,66+,67+,69+,70-,74?,75-,76+,78-,83?,84+,88+,89+,90-,93-,95+,96+,97+,98-/m1/s1. The number of ketones is 3. The molecule has 11 rings (SSSR count).